The van der Waals surface area contributed by atoms with Crippen LogP contribution in [0.1, 0.15) is 56.9 Å². The number of amides is 2. The number of hydrogen-bond acceptors (Lipinski definition) is 11. The fourth-order valence-electron chi connectivity index (χ4n) is 9.31. The van der Waals surface area contributed by atoms with Crippen molar-refractivity contribution in [2.24, 2.45) is 5.16 Å². The van der Waals surface area contributed by atoms with Crippen LogP contribution >= 0.6 is 34.3 Å². The molecule has 12 nitrogen and oxygen atoms in total. The number of carboxylic acids is 1. The van der Waals surface area contributed by atoms with Crippen molar-refractivity contribution >= 4 is 69.0 Å². The molecular formula is C55H42ClN7O5S2. The minimum absolute atomic E-state index is 0.000306. The molecule has 1 saturated heterocycles. The number of rotatable bonds is 16. The van der Waals surface area contributed by atoms with Crippen LogP contribution in [-0.2, 0) is 30.4 Å². The summed E-state index contributed by atoms with van der Waals surface area (Å²) in [6.45, 7) is 0. The number of thiazole rings is 1. The molecule has 70 heavy (non-hydrogen) atoms. The molecule has 2 aromatic heterocycles. The average Bonchev–Trinajstić information content (AvgIpc) is 4.08. The van der Waals surface area contributed by atoms with Crippen LogP contribution in [0.4, 0.5) is 5.13 Å². The van der Waals surface area contributed by atoms with Gasteiger partial charge in [-0.3, -0.25) is 14.5 Å². The van der Waals surface area contributed by atoms with Crippen molar-refractivity contribution in [1.29, 1.82) is 0 Å². The topological polar surface area (TPSA) is 159 Å². The third kappa shape index (κ3) is 8.57. The zero-order chi connectivity index (χ0) is 48.1. The number of anilines is 1. The first-order valence-corrected chi connectivity index (χ1v) is 24.4. The summed E-state index contributed by atoms with van der Waals surface area (Å²) in [7, 11) is 0. The minimum Gasteiger partial charge on any atom is -0.477 e. The number of allylic oxidation sites excluding steroid dienone is 2. The summed E-state index contributed by atoms with van der Waals surface area (Å²) in [5, 5.41) is 30.7. The summed E-state index contributed by atoms with van der Waals surface area (Å²) < 4.78 is 0.120. The van der Waals surface area contributed by atoms with Crippen LogP contribution in [0.25, 0.3) is 6.08 Å². The number of benzene rings is 6. The van der Waals surface area contributed by atoms with E-state index in [1.807, 2.05) is 182 Å². The molecule has 0 radical (unpaired) electrons. The van der Waals surface area contributed by atoms with Crippen LogP contribution in [-0.4, -0.2) is 60.8 Å². The number of aromatic nitrogens is 3. The number of nitrogens with one attached hydrogen (secondary N) is 2. The highest BCUT2D eigenvalue weighted by Gasteiger charge is 2.54. The lowest BCUT2D eigenvalue weighted by atomic mass is 9.77. The fraction of sp³-hybridized carbons (Fsp3) is 0.109. The first kappa shape index (κ1) is 45.7. The molecule has 2 amide bonds. The van der Waals surface area contributed by atoms with Crippen molar-refractivity contribution in [2.75, 3.05) is 5.32 Å². The van der Waals surface area contributed by atoms with Crippen molar-refractivity contribution in [3.8, 4) is 0 Å². The Balaban J connectivity index is 1.09. The first-order valence-electron chi connectivity index (χ1n) is 22.4. The van der Waals surface area contributed by atoms with Gasteiger partial charge in [-0.25, -0.2) is 9.78 Å². The summed E-state index contributed by atoms with van der Waals surface area (Å²) in [4.78, 5) is 55.3. The van der Waals surface area contributed by atoms with Crippen LogP contribution in [0.3, 0.4) is 0 Å². The van der Waals surface area contributed by atoms with Crippen molar-refractivity contribution in [1.82, 2.24) is 25.4 Å². The van der Waals surface area contributed by atoms with Crippen molar-refractivity contribution < 1.29 is 24.3 Å². The highest BCUT2D eigenvalue weighted by atomic mass is 35.5. The Morgan fingerprint density at radius 1 is 0.729 bits per heavy atom. The van der Waals surface area contributed by atoms with Crippen molar-refractivity contribution in [2.45, 2.75) is 36.1 Å². The quantitative estimate of drug-likeness (QED) is 0.0371. The third-order valence-electron chi connectivity index (χ3n) is 12.5. The number of carboxylic acid groups (broad SMARTS) is 1. The van der Waals surface area contributed by atoms with Crippen LogP contribution in [0.15, 0.2) is 210 Å². The van der Waals surface area contributed by atoms with Gasteiger partial charge in [0.2, 0.25) is 5.60 Å². The minimum atomic E-state index is -1.41. The van der Waals surface area contributed by atoms with Gasteiger partial charge in [-0.05, 0) is 41.2 Å². The van der Waals surface area contributed by atoms with Gasteiger partial charge < -0.3 is 20.6 Å². The maximum Gasteiger partial charge on any atom is 0.352 e. The molecule has 8 aromatic rings. The van der Waals surface area contributed by atoms with E-state index in [-0.39, 0.29) is 21.4 Å². The molecule has 3 N–H and O–H groups in total. The van der Waals surface area contributed by atoms with Crippen molar-refractivity contribution in [3.63, 3.8) is 0 Å². The van der Waals surface area contributed by atoms with Gasteiger partial charge in [0.15, 0.2) is 10.8 Å². The Labute approximate surface area is 416 Å². The first-order chi connectivity index (χ1) is 34.3. The van der Waals surface area contributed by atoms with Crippen LogP contribution in [0.2, 0.25) is 4.34 Å². The van der Waals surface area contributed by atoms with E-state index in [1.54, 1.807) is 17.7 Å². The number of aliphatic carboxylic acids is 1. The maximum atomic E-state index is 15.2. The Bertz CT molecular complexity index is 3040. The molecule has 10 rings (SSSR count). The predicted octanol–water partition coefficient (Wildman–Crippen LogP) is 10.3. The molecule has 2 aliphatic rings. The molecule has 2 atom stereocenters. The molecule has 1 fully saturated rings. The van der Waals surface area contributed by atoms with Crippen LogP contribution < -0.4 is 10.6 Å². The number of hydrogen-bond donors (Lipinski definition) is 3. The van der Waals surface area contributed by atoms with Gasteiger partial charge in [0.05, 0.1) is 6.04 Å². The molecule has 346 valence electrons. The standard InChI is InChI=1S/C55H42ClN7O5S2/c56-49-46(59-53(70-49)60-54(37-19-7-1-8-20-37,38-21-9-2-10-22-38)39-23-11-3-12-24-39)47(62-68-55(40-25-13-4-14-26-40,41-27-15-5-16-28-41)42-29-17-6-18-30-42)50(64)58-45-43-33-31-36(32-34-44-61-57-35-69-44)48(52(66)67)63(43)51(45)65/h1-30,32,34-35,43,45H,31,33H2,(H,58,64)(H,59,60)(H,66,67)/t43-,45+/m1/s1. The number of oxime groups is 1. The van der Waals surface area contributed by atoms with Gasteiger partial charge in [-0.1, -0.05) is 216 Å². The number of carbonyl (C=O) groups is 3. The van der Waals surface area contributed by atoms with Gasteiger partial charge in [0, 0.05) is 16.7 Å². The molecule has 0 unspecified atom stereocenters. The molecule has 2 aliphatic heterocycles. The van der Waals surface area contributed by atoms with Crippen LogP contribution in [0.5, 0.6) is 0 Å². The normalized spacial score (nSPS) is 16.1. The van der Waals surface area contributed by atoms with Gasteiger partial charge in [-0.2, -0.15) is 0 Å². The van der Waals surface area contributed by atoms with Gasteiger partial charge in [0.25, 0.3) is 11.8 Å². The second kappa shape index (κ2) is 19.9. The second-order valence-electron chi connectivity index (χ2n) is 16.5. The summed E-state index contributed by atoms with van der Waals surface area (Å²) in [5.41, 5.74) is 4.09. The zero-order valence-electron chi connectivity index (χ0n) is 37.1. The predicted molar refractivity (Wildman–Crippen MR) is 272 cm³/mol. The summed E-state index contributed by atoms with van der Waals surface area (Å²) in [5.74, 6) is -2.65. The highest BCUT2D eigenvalue weighted by Crippen LogP contribution is 2.44. The van der Waals surface area contributed by atoms with E-state index in [0.717, 1.165) is 44.7 Å². The van der Waals surface area contributed by atoms with E-state index >= 15 is 4.79 Å². The van der Waals surface area contributed by atoms with E-state index in [0.29, 0.717) is 28.6 Å². The summed E-state index contributed by atoms with van der Waals surface area (Å²) >= 11 is 9.68. The number of β-lactam (4-membered cyclic amide) rings is 1. The number of carbonyl (C=O) groups excluding carboxylic acids is 2. The van der Waals surface area contributed by atoms with E-state index in [1.165, 1.54) is 16.2 Å². The lowest BCUT2D eigenvalue weighted by Crippen LogP contribution is -2.72. The monoisotopic (exact) mass is 979 g/mol. The second-order valence-corrected chi connectivity index (χ2v) is 18.9. The summed E-state index contributed by atoms with van der Waals surface area (Å²) in [6, 6.07) is 56.9. The van der Waals surface area contributed by atoms with Gasteiger partial charge >= 0.3 is 5.97 Å². The highest BCUT2D eigenvalue weighted by molar-refractivity contribution is 7.20. The van der Waals surface area contributed by atoms with E-state index in [2.05, 4.69) is 20.8 Å². The molecule has 15 heteroatoms. The van der Waals surface area contributed by atoms with E-state index < -0.39 is 41.0 Å². The molecule has 0 bridgehead atoms. The fourth-order valence-corrected chi connectivity index (χ4v) is 10.9. The number of fused-ring (bicyclic) bond motifs is 1. The van der Waals surface area contributed by atoms with Crippen molar-refractivity contribution in [3.05, 3.63) is 253 Å². The molecule has 0 saturated carbocycles. The Morgan fingerprint density at radius 2 is 1.21 bits per heavy atom. The average molecular weight is 981 g/mol. The Kier molecular flexibility index (Phi) is 13.0. The third-order valence-corrected chi connectivity index (χ3v) is 14.4. The van der Waals surface area contributed by atoms with Gasteiger partial charge in [-0.15, -0.1) is 21.5 Å². The Hall–Kier alpha value is -8.04. The lowest BCUT2D eigenvalue weighted by Gasteiger charge is -2.50. The summed E-state index contributed by atoms with van der Waals surface area (Å²) in [6.07, 6.45) is 4.02. The maximum absolute atomic E-state index is 15.2. The number of nitrogens with zero attached hydrogens (tertiary/aromatic N) is 5. The SMILES string of the molecule is O=C(O)C1=C(C=Cc2nncs2)CC[C@@H]2[C@H](NC(=O)C(=NOC(c3ccccc3)(c3ccccc3)c3ccccc3)c3nc(NC(c4ccccc4)(c4ccccc4)c4ccccc4)sc3Cl)C(=O)N12. The lowest BCUT2D eigenvalue weighted by molar-refractivity contribution is -0.155. The van der Waals surface area contributed by atoms with E-state index in [9.17, 15) is 14.7 Å². The largest absolute Gasteiger partial charge is 0.477 e. The van der Waals surface area contributed by atoms with E-state index in [4.69, 9.17) is 26.6 Å². The molecule has 0 spiro atoms. The zero-order valence-corrected chi connectivity index (χ0v) is 39.5. The molecule has 6 aromatic carbocycles. The number of halogens is 1. The molecule has 0 aliphatic carbocycles. The van der Waals surface area contributed by atoms with Crippen LogP contribution in [0, 0.1) is 0 Å². The molecular weight excluding hydrogens is 938 g/mol. The Morgan fingerprint density at radius 3 is 1.67 bits per heavy atom. The van der Waals surface area contributed by atoms with Gasteiger partial charge in [0.1, 0.15) is 37.8 Å². The smallest absolute Gasteiger partial charge is 0.352 e. The molecule has 4 heterocycles.